The van der Waals surface area contributed by atoms with Crippen molar-refractivity contribution in [2.24, 2.45) is 0 Å². The molecule has 0 aliphatic rings. The molecule has 4 heterocycles. The van der Waals surface area contributed by atoms with Crippen LogP contribution in [0.5, 0.6) is 5.75 Å². The molecule has 4 aromatic heterocycles. The average Bonchev–Trinajstić information content (AvgIpc) is 3.77. The van der Waals surface area contributed by atoms with Crippen molar-refractivity contribution in [3.8, 4) is 39.1 Å². The van der Waals surface area contributed by atoms with Gasteiger partial charge in [0.05, 0.1) is 24.5 Å². The summed E-state index contributed by atoms with van der Waals surface area (Å²) in [5.74, 6) is 1.13. The molecule has 1 radical (unpaired) electrons. The fourth-order valence-electron chi connectivity index (χ4n) is 6.50. The van der Waals surface area contributed by atoms with Gasteiger partial charge in [-0.15, -0.1) is 0 Å². The monoisotopic (exact) mass is 827 g/mol. The summed E-state index contributed by atoms with van der Waals surface area (Å²) in [6.45, 7) is 8.33. The van der Waals surface area contributed by atoms with Gasteiger partial charge in [-0.05, 0) is 92.9 Å². The van der Waals surface area contributed by atoms with Gasteiger partial charge in [-0.1, -0.05) is 94.7 Å². The number of aromatic nitrogens is 4. The molecule has 0 bridgehead atoms. The van der Waals surface area contributed by atoms with E-state index < -0.39 is 0 Å². The highest BCUT2D eigenvalue weighted by atomic mass is 35.5. The second-order valence-corrected chi connectivity index (χ2v) is 14.0. The number of hydrogen-bond acceptors (Lipinski definition) is 8. The van der Waals surface area contributed by atoms with E-state index in [1.54, 1.807) is 33.5 Å². The maximum Gasteiger partial charge on any atom is 0.569 e. The molecule has 1 N–H and O–H groups in total. The highest BCUT2D eigenvalue weighted by Gasteiger charge is 2.17. The Balaban J connectivity index is 0.000000167. The van der Waals surface area contributed by atoms with Crippen LogP contribution in [0.25, 0.3) is 33.4 Å². The van der Waals surface area contributed by atoms with Gasteiger partial charge in [-0.25, -0.2) is 8.78 Å². The van der Waals surface area contributed by atoms with Gasteiger partial charge in [0, 0.05) is 40.2 Å². The first-order valence-corrected chi connectivity index (χ1v) is 19.0. The number of aryl methyl sites for hydroxylation is 4. The van der Waals surface area contributed by atoms with Crippen molar-refractivity contribution in [3.63, 3.8) is 0 Å². The molecule has 0 spiro atoms. The van der Waals surface area contributed by atoms with Crippen molar-refractivity contribution in [2.75, 3.05) is 0 Å². The number of halogens is 3. The molecule has 303 valence electrons. The highest BCUT2D eigenvalue weighted by molar-refractivity contribution is 6.30. The summed E-state index contributed by atoms with van der Waals surface area (Å²) < 4.78 is 43.9. The van der Waals surface area contributed by atoms with Crippen LogP contribution in [0.3, 0.4) is 0 Å². The summed E-state index contributed by atoms with van der Waals surface area (Å²) in [7, 11) is 0.549. The normalized spacial score (nSPS) is 10.6. The Morgan fingerprint density at radius 1 is 0.633 bits per heavy atom. The number of pyridine rings is 2. The maximum atomic E-state index is 13.4. The van der Waals surface area contributed by atoms with Crippen LogP contribution in [0.15, 0.2) is 152 Å². The minimum Gasteiger partial charge on any atom is -0.537 e. The Hall–Kier alpha value is -6.83. The van der Waals surface area contributed by atoms with Crippen LogP contribution in [0.2, 0.25) is 5.02 Å². The Kier molecular flexibility index (Phi) is 14.1. The molecule has 0 saturated heterocycles. The lowest BCUT2D eigenvalue weighted by Gasteiger charge is -2.12. The van der Waals surface area contributed by atoms with E-state index in [-0.39, 0.29) is 27.8 Å². The average molecular weight is 828 g/mol. The molecule has 14 heteroatoms. The summed E-state index contributed by atoms with van der Waals surface area (Å²) in [6, 6.07) is 34.4. The van der Waals surface area contributed by atoms with Crippen molar-refractivity contribution in [3.05, 3.63) is 205 Å². The van der Waals surface area contributed by atoms with Gasteiger partial charge in [-0.3, -0.25) is 9.59 Å². The van der Waals surface area contributed by atoms with E-state index in [9.17, 15) is 18.4 Å². The Morgan fingerprint density at radius 3 is 1.53 bits per heavy atom. The topological polar surface area (TPSA) is 126 Å². The molecule has 0 atom stereocenters. The van der Waals surface area contributed by atoms with Gasteiger partial charge in [0.25, 0.3) is 11.1 Å². The van der Waals surface area contributed by atoms with Gasteiger partial charge in [-0.2, -0.15) is 0 Å². The second kappa shape index (κ2) is 19.8. The molecule has 0 aliphatic carbocycles. The summed E-state index contributed by atoms with van der Waals surface area (Å²) >= 11 is 6.12. The van der Waals surface area contributed by atoms with E-state index in [4.69, 9.17) is 25.7 Å². The summed E-state index contributed by atoms with van der Waals surface area (Å²) in [5.41, 5.74) is 7.84. The molecule has 60 heavy (non-hydrogen) atoms. The van der Waals surface area contributed by atoms with Crippen molar-refractivity contribution >= 4 is 19.3 Å². The van der Waals surface area contributed by atoms with Crippen LogP contribution in [-0.4, -0.2) is 32.2 Å². The number of nitrogens with zero attached hydrogens (tertiary/aromatic N) is 4. The van der Waals surface area contributed by atoms with Gasteiger partial charge >= 0.3 is 7.69 Å². The van der Waals surface area contributed by atoms with Gasteiger partial charge in [0.15, 0.2) is 0 Å². The second-order valence-electron chi connectivity index (χ2n) is 13.6. The quantitative estimate of drug-likeness (QED) is 0.143. The smallest absolute Gasteiger partial charge is 0.537 e. The van der Waals surface area contributed by atoms with Crippen LogP contribution >= 0.6 is 11.6 Å². The molecule has 0 saturated carbocycles. The lowest BCUT2D eigenvalue weighted by Crippen LogP contribution is -2.22. The minimum atomic E-state index is -0.338. The summed E-state index contributed by atoms with van der Waals surface area (Å²) in [6.07, 6.45) is 3.63. The van der Waals surface area contributed by atoms with Crippen molar-refractivity contribution < 1.29 is 27.5 Å². The number of rotatable bonds is 9. The van der Waals surface area contributed by atoms with E-state index in [2.05, 4.69) is 15.0 Å². The highest BCUT2D eigenvalue weighted by Crippen LogP contribution is 2.30. The van der Waals surface area contributed by atoms with Crippen molar-refractivity contribution in [1.82, 2.24) is 19.4 Å². The zero-order valence-corrected chi connectivity index (χ0v) is 33.9. The lowest BCUT2D eigenvalue weighted by atomic mass is 10.0. The third-order valence-corrected chi connectivity index (χ3v) is 9.59. The third kappa shape index (κ3) is 10.6. The molecule has 10 nitrogen and oxygen atoms in total. The lowest BCUT2D eigenvalue weighted by molar-refractivity contribution is 0.393. The number of benzene rings is 4. The first-order chi connectivity index (χ1) is 28.9. The van der Waals surface area contributed by atoms with E-state index in [0.717, 1.165) is 44.8 Å². The summed E-state index contributed by atoms with van der Waals surface area (Å²) in [5, 5.41) is 16.3. The molecule has 4 aromatic carbocycles. The largest absolute Gasteiger partial charge is 0.569 e. The Morgan fingerprint density at radius 2 is 1.08 bits per heavy atom. The fraction of sp³-hybridized carbons (Fsp3) is 0.130. The standard InChI is InChI=1S/C23H19FN2O2.C17H15ClN2O2.C6H5BFO2/c1-15-22(16(2)28-25-15)19-12-21(18-8-10-20(24)11-9-18)23(27)26(14-19)13-17-6-4-3-5-7-17;1-11-16(12(2)22-19-11)14-8-15(18)17(21)20(10-14)9-13-6-4-3-5-7-13;8-5-1-3-6(4-2-5)10-7-9/h3-12,14H,13H2,1-2H3;3-8,10H,9H2,1-2H3;1-4,9H. The summed E-state index contributed by atoms with van der Waals surface area (Å²) in [4.78, 5) is 25.4. The van der Waals surface area contributed by atoms with E-state index in [0.29, 0.717) is 49.2 Å². The molecule has 0 amide bonds. The van der Waals surface area contributed by atoms with Gasteiger partial charge in [0.2, 0.25) is 0 Å². The Bertz CT molecular complexity index is 2750. The Labute approximate surface area is 350 Å². The van der Waals surface area contributed by atoms with Crippen LogP contribution in [0, 0.1) is 39.3 Å². The molecule has 0 fully saturated rings. The number of hydrogen-bond donors (Lipinski definition) is 1. The third-order valence-electron chi connectivity index (χ3n) is 9.32. The van der Waals surface area contributed by atoms with Crippen LogP contribution in [0.4, 0.5) is 8.78 Å². The molecule has 8 rings (SSSR count). The predicted octanol–water partition coefficient (Wildman–Crippen LogP) is 9.53. The maximum absolute atomic E-state index is 13.4. The zero-order chi connectivity index (χ0) is 42.8. The first-order valence-electron chi connectivity index (χ1n) is 18.6. The van der Waals surface area contributed by atoms with E-state index >= 15 is 0 Å². The van der Waals surface area contributed by atoms with Crippen LogP contribution in [0.1, 0.15) is 34.0 Å². The zero-order valence-electron chi connectivity index (χ0n) is 33.1. The predicted molar refractivity (Wildman–Crippen MR) is 228 cm³/mol. The van der Waals surface area contributed by atoms with Gasteiger partial charge in [0.1, 0.15) is 33.9 Å². The van der Waals surface area contributed by atoms with Gasteiger partial charge < -0.3 is 27.9 Å². The van der Waals surface area contributed by atoms with E-state index in [1.165, 1.54) is 36.4 Å². The van der Waals surface area contributed by atoms with Crippen molar-refractivity contribution in [1.29, 1.82) is 0 Å². The van der Waals surface area contributed by atoms with Crippen LogP contribution < -0.4 is 15.8 Å². The first kappa shape index (κ1) is 42.8. The van der Waals surface area contributed by atoms with Crippen molar-refractivity contribution in [2.45, 2.75) is 40.8 Å². The molecule has 0 unspecified atom stereocenters. The molecule has 8 aromatic rings. The molecule has 0 aliphatic heterocycles. The van der Waals surface area contributed by atoms with E-state index in [1.807, 2.05) is 101 Å². The minimum absolute atomic E-state index is 0.133. The van der Waals surface area contributed by atoms with Crippen LogP contribution in [-0.2, 0) is 13.1 Å². The fourth-order valence-corrected chi connectivity index (χ4v) is 6.73. The SMILES string of the molecule is Cc1noc(C)c1-c1cc(-c2ccc(F)cc2)c(=O)n(Cc2ccccc2)c1.Cc1noc(C)c1-c1cc(Cl)c(=O)n(Cc2ccccc2)c1.O[B]Oc1ccc(F)cc1. The molecular formula is C46H39BClF2N4O6. The molecular weight excluding hydrogens is 789 g/mol.